The van der Waals surface area contributed by atoms with Gasteiger partial charge in [-0.2, -0.15) is 0 Å². The summed E-state index contributed by atoms with van der Waals surface area (Å²) in [5.74, 6) is 3.67. The topological polar surface area (TPSA) is 48.8 Å². The zero-order valence-electron chi connectivity index (χ0n) is 24.7. The lowest BCUT2D eigenvalue weighted by Gasteiger charge is -2.25. The summed E-state index contributed by atoms with van der Waals surface area (Å²) in [4.78, 5) is 7.87. The Kier molecular flexibility index (Phi) is 7.84. The van der Waals surface area contributed by atoms with Gasteiger partial charge in [0.2, 0.25) is 6.79 Å². The Bertz CT molecular complexity index is 1640. The highest BCUT2D eigenvalue weighted by atomic mass is 16.7. The van der Waals surface area contributed by atoms with Gasteiger partial charge in [0.15, 0.2) is 11.5 Å². The summed E-state index contributed by atoms with van der Waals surface area (Å²) in [6.45, 7) is 6.52. The SMILES string of the molecule is CCCCn1c(-c2ccccc2)nc(-c2ccccc2)c1CN(Cc1ccc2c(c1)CCO2)Cc1ccc2c(c1)OCO2. The number of hydrogen-bond acceptors (Lipinski definition) is 5. The van der Waals surface area contributed by atoms with Gasteiger partial charge >= 0.3 is 0 Å². The summed E-state index contributed by atoms with van der Waals surface area (Å²) in [5.41, 5.74) is 8.35. The molecule has 0 atom stereocenters. The smallest absolute Gasteiger partial charge is 0.231 e. The van der Waals surface area contributed by atoms with E-state index in [0.29, 0.717) is 0 Å². The van der Waals surface area contributed by atoms with Crippen LogP contribution in [0.2, 0.25) is 0 Å². The molecule has 1 aromatic heterocycles. The van der Waals surface area contributed by atoms with Crippen molar-refractivity contribution in [2.24, 2.45) is 0 Å². The summed E-state index contributed by atoms with van der Waals surface area (Å²) in [6.07, 6.45) is 3.17. The molecule has 0 radical (unpaired) electrons. The van der Waals surface area contributed by atoms with Crippen molar-refractivity contribution >= 4 is 0 Å². The zero-order valence-corrected chi connectivity index (χ0v) is 24.7. The van der Waals surface area contributed by atoms with Crippen LogP contribution in [0.5, 0.6) is 17.2 Å². The number of fused-ring (bicyclic) bond motifs is 2. The Morgan fingerprint density at radius 2 is 1.42 bits per heavy atom. The predicted octanol–water partition coefficient (Wildman–Crippen LogP) is 7.88. The highest BCUT2D eigenvalue weighted by Gasteiger charge is 2.23. The van der Waals surface area contributed by atoms with Crippen LogP contribution in [0, 0.1) is 0 Å². The van der Waals surface area contributed by atoms with Crippen molar-refractivity contribution in [3.05, 3.63) is 119 Å². The van der Waals surface area contributed by atoms with E-state index in [2.05, 4.69) is 107 Å². The molecule has 0 aliphatic carbocycles. The minimum absolute atomic E-state index is 0.277. The van der Waals surface area contributed by atoms with Crippen molar-refractivity contribution in [2.45, 2.75) is 52.4 Å². The lowest BCUT2D eigenvalue weighted by molar-refractivity contribution is 0.174. The Balaban J connectivity index is 1.31. The van der Waals surface area contributed by atoms with Gasteiger partial charge in [0.25, 0.3) is 0 Å². The van der Waals surface area contributed by atoms with Crippen LogP contribution >= 0.6 is 0 Å². The van der Waals surface area contributed by atoms with Crippen LogP contribution in [0.3, 0.4) is 0 Å². The Hall–Kier alpha value is -4.55. The van der Waals surface area contributed by atoms with Gasteiger partial charge in [-0.15, -0.1) is 0 Å². The number of benzene rings is 4. The molecule has 0 N–H and O–H groups in total. The van der Waals surface area contributed by atoms with Gasteiger partial charge in [-0.3, -0.25) is 4.90 Å². The third-order valence-electron chi connectivity index (χ3n) is 8.26. The monoisotopic (exact) mass is 571 g/mol. The second kappa shape index (κ2) is 12.4. The predicted molar refractivity (Wildman–Crippen MR) is 169 cm³/mol. The number of rotatable bonds is 11. The van der Waals surface area contributed by atoms with Gasteiger partial charge in [0.05, 0.1) is 18.0 Å². The Morgan fingerprint density at radius 3 is 2.19 bits per heavy atom. The standard InChI is InChI=1S/C37H37N3O3/c1-2-3-19-40-32(36(29-10-6-4-7-11-29)38-37(40)30-12-8-5-9-13-30)25-39(23-27-14-16-33-31(21-27)18-20-41-33)24-28-15-17-34-35(22-28)43-26-42-34/h4-17,21-22H,2-3,18-20,23-26H2,1H3. The largest absolute Gasteiger partial charge is 0.493 e. The van der Waals surface area contributed by atoms with Crippen LogP contribution in [0.4, 0.5) is 0 Å². The van der Waals surface area contributed by atoms with Crippen LogP contribution in [-0.4, -0.2) is 27.9 Å². The van der Waals surface area contributed by atoms with Gasteiger partial charge in [-0.05, 0) is 41.3 Å². The van der Waals surface area contributed by atoms with E-state index in [9.17, 15) is 0 Å². The minimum atomic E-state index is 0.277. The molecule has 5 aromatic rings. The van der Waals surface area contributed by atoms with Gasteiger partial charge in [0.1, 0.15) is 11.6 Å². The first-order valence-electron chi connectivity index (χ1n) is 15.3. The van der Waals surface area contributed by atoms with Gasteiger partial charge < -0.3 is 18.8 Å². The molecule has 43 heavy (non-hydrogen) atoms. The second-order valence-electron chi connectivity index (χ2n) is 11.3. The van der Waals surface area contributed by atoms with E-state index in [1.54, 1.807) is 0 Å². The number of imidazole rings is 1. The third-order valence-corrected chi connectivity index (χ3v) is 8.26. The minimum Gasteiger partial charge on any atom is -0.493 e. The van der Waals surface area contributed by atoms with Crippen LogP contribution < -0.4 is 14.2 Å². The first kappa shape index (κ1) is 27.3. The maximum atomic E-state index is 5.80. The lowest BCUT2D eigenvalue weighted by Crippen LogP contribution is -2.24. The van der Waals surface area contributed by atoms with E-state index >= 15 is 0 Å². The van der Waals surface area contributed by atoms with Gasteiger partial charge in [-0.1, -0.05) is 92.2 Å². The zero-order chi connectivity index (χ0) is 29.0. The molecular weight excluding hydrogens is 534 g/mol. The maximum Gasteiger partial charge on any atom is 0.231 e. The molecule has 0 fully saturated rings. The van der Waals surface area contributed by atoms with Crippen LogP contribution in [-0.2, 0) is 32.6 Å². The molecule has 2 aliphatic heterocycles. The van der Waals surface area contributed by atoms with Gasteiger partial charge in [-0.25, -0.2) is 4.98 Å². The molecule has 0 saturated heterocycles. The molecule has 0 unspecified atom stereocenters. The number of hydrogen-bond donors (Lipinski definition) is 0. The third kappa shape index (κ3) is 5.88. The molecular formula is C37H37N3O3. The van der Waals surface area contributed by atoms with Crippen molar-refractivity contribution in [3.8, 4) is 39.9 Å². The number of unbranched alkanes of at least 4 members (excludes halogenated alkanes) is 1. The van der Waals surface area contributed by atoms with Crippen molar-refractivity contribution in [2.75, 3.05) is 13.4 Å². The summed E-state index contributed by atoms with van der Waals surface area (Å²) >= 11 is 0. The van der Waals surface area contributed by atoms with Crippen molar-refractivity contribution < 1.29 is 14.2 Å². The number of nitrogens with zero attached hydrogens (tertiary/aromatic N) is 3. The first-order valence-corrected chi connectivity index (χ1v) is 15.3. The molecule has 4 aromatic carbocycles. The summed E-state index contributed by atoms with van der Waals surface area (Å²) < 4.78 is 19.6. The molecule has 6 nitrogen and oxygen atoms in total. The molecule has 2 aliphatic rings. The molecule has 0 spiro atoms. The normalized spacial score (nSPS) is 13.3. The quantitative estimate of drug-likeness (QED) is 0.161. The fraction of sp³-hybridized carbons (Fsp3) is 0.270. The molecule has 0 bridgehead atoms. The summed E-state index contributed by atoms with van der Waals surface area (Å²) in [7, 11) is 0. The molecule has 0 saturated carbocycles. The molecule has 7 rings (SSSR count). The molecule has 6 heteroatoms. The fourth-order valence-electron chi connectivity index (χ4n) is 6.11. The fourth-order valence-corrected chi connectivity index (χ4v) is 6.11. The Labute approximate surface area is 253 Å². The maximum absolute atomic E-state index is 5.80. The van der Waals surface area contributed by atoms with Crippen LogP contribution in [0.25, 0.3) is 22.6 Å². The van der Waals surface area contributed by atoms with Crippen molar-refractivity contribution in [3.63, 3.8) is 0 Å². The van der Waals surface area contributed by atoms with E-state index in [0.717, 1.165) is 91.9 Å². The Morgan fingerprint density at radius 1 is 0.721 bits per heavy atom. The van der Waals surface area contributed by atoms with Crippen molar-refractivity contribution in [1.29, 1.82) is 0 Å². The van der Waals surface area contributed by atoms with E-state index in [1.807, 2.05) is 6.07 Å². The summed E-state index contributed by atoms with van der Waals surface area (Å²) in [5, 5.41) is 0. The van der Waals surface area contributed by atoms with Gasteiger partial charge in [0, 0.05) is 43.7 Å². The molecule has 218 valence electrons. The van der Waals surface area contributed by atoms with Crippen LogP contribution in [0.15, 0.2) is 97.1 Å². The van der Waals surface area contributed by atoms with E-state index in [-0.39, 0.29) is 6.79 Å². The average molecular weight is 572 g/mol. The van der Waals surface area contributed by atoms with E-state index in [4.69, 9.17) is 19.2 Å². The average Bonchev–Trinajstić information content (AvgIpc) is 3.79. The van der Waals surface area contributed by atoms with Crippen LogP contribution in [0.1, 0.15) is 42.1 Å². The number of aromatic nitrogens is 2. The molecule has 3 heterocycles. The van der Waals surface area contributed by atoms with Crippen molar-refractivity contribution in [1.82, 2.24) is 14.5 Å². The summed E-state index contributed by atoms with van der Waals surface area (Å²) in [6, 6.07) is 34.2. The lowest BCUT2D eigenvalue weighted by atomic mass is 10.1. The second-order valence-corrected chi connectivity index (χ2v) is 11.3. The molecule has 0 amide bonds. The number of ether oxygens (including phenoxy) is 3. The highest BCUT2D eigenvalue weighted by Crippen LogP contribution is 2.35. The van der Waals surface area contributed by atoms with E-state index < -0.39 is 0 Å². The highest BCUT2D eigenvalue weighted by molar-refractivity contribution is 5.68. The first-order chi connectivity index (χ1) is 21.2. The van der Waals surface area contributed by atoms with E-state index in [1.165, 1.54) is 22.4 Å².